The molecule has 0 saturated carbocycles. The van der Waals surface area contributed by atoms with Gasteiger partial charge in [0.1, 0.15) is 34.2 Å². The van der Waals surface area contributed by atoms with Crippen LogP contribution in [0, 0.1) is 12.7 Å². The Bertz CT molecular complexity index is 3600. The lowest BCUT2D eigenvalue weighted by Gasteiger charge is -2.14. The number of aryl methyl sites for hydroxylation is 1. The summed E-state index contributed by atoms with van der Waals surface area (Å²) in [4.78, 5) is 51.7. The molecule has 0 unspecified atom stereocenters. The third kappa shape index (κ3) is 14.2. The van der Waals surface area contributed by atoms with Gasteiger partial charge in [-0.25, -0.2) is 4.39 Å². The fourth-order valence-corrected chi connectivity index (χ4v) is 8.11. The zero-order valence-electron chi connectivity index (χ0n) is 41.9. The van der Waals surface area contributed by atoms with E-state index in [1.165, 1.54) is 17.7 Å². The van der Waals surface area contributed by atoms with Crippen molar-refractivity contribution in [2.24, 2.45) is 0 Å². The maximum Gasteiger partial charge on any atom is 0.291 e. The number of anilines is 2. The first-order chi connectivity index (χ1) is 37.5. The summed E-state index contributed by atoms with van der Waals surface area (Å²) in [5.41, 5.74) is 7.72. The van der Waals surface area contributed by atoms with E-state index in [9.17, 15) is 28.7 Å². The van der Waals surface area contributed by atoms with Crippen molar-refractivity contribution < 1.29 is 47.0 Å². The van der Waals surface area contributed by atoms with Gasteiger partial charge in [-0.1, -0.05) is 121 Å². The Balaban J connectivity index is 0.000000188. The molecule has 0 aliphatic carbocycles. The first-order valence-corrected chi connectivity index (χ1v) is 24.8. The average molecular weight is 1030 g/mol. The van der Waals surface area contributed by atoms with E-state index >= 15 is 0 Å². The molecule has 0 fully saturated rings. The number of ether oxygens (including phenoxy) is 2. The molecule has 0 bridgehead atoms. The Labute approximate surface area is 443 Å². The van der Waals surface area contributed by atoms with Crippen molar-refractivity contribution in [1.82, 2.24) is 10.6 Å². The molecule has 386 valence electrons. The molecule has 4 amide bonds. The smallest absolute Gasteiger partial charge is 0.291 e. The molecule has 13 nitrogen and oxygen atoms in total. The van der Waals surface area contributed by atoms with E-state index < -0.39 is 11.8 Å². The maximum absolute atomic E-state index is 13.5. The zero-order chi connectivity index (χ0) is 53.5. The van der Waals surface area contributed by atoms with Crippen LogP contribution in [0.15, 0.2) is 209 Å². The van der Waals surface area contributed by atoms with E-state index in [2.05, 4.69) is 45.5 Å². The Morgan fingerprint density at radius 1 is 0.468 bits per heavy atom. The van der Waals surface area contributed by atoms with Crippen molar-refractivity contribution in [2.45, 2.75) is 32.9 Å². The van der Waals surface area contributed by atoms with Gasteiger partial charge in [0.15, 0.2) is 11.5 Å². The van der Waals surface area contributed by atoms with Gasteiger partial charge in [-0.3, -0.25) is 19.2 Å². The van der Waals surface area contributed by atoms with Crippen LogP contribution in [-0.4, -0.2) is 41.9 Å². The number of phenols is 1. The molecular weight excluding hydrogens is 976 g/mol. The minimum Gasteiger partial charge on any atom is -0.508 e. The second-order valence-corrected chi connectivity index (χ2v) is 18.0. The third-order valence-electron chi connectivity index (χ3n) is 12.3. The molecule has 77 heavy (non-hydrogen) atoms. The SMILES string of the molecule is Cc1ccc(CCOc2cc(C(=O)NCc3ccccc3)ccc2NC(=O)c2cc3ccccc3o2)cc1.O=C(NCc1cccc(F)c1)c1ccc(NC(=O)c2cc3ccccc3o2)c(OCCc2ccc(O)cc2)c1. The Morgan fingerprint density at radius 3 is 1.44 bits per heavy atom. The maximum atomic E-state index is 13.5. The largest absolute Gasteiger partial charge is 0.508 e. The minimum atomic E-state index is -0.460. The van der Waals surface area contributed by atoms with Crippen molar-refractivity contribution in [3.05, 3.63) is 256 Å². The summed E-state index contributed by atoms with van der Waals surface area (Å²) >= 11 is 0. The standard InChI is InChI=1S/C32H28N2O4.C31H25FN2O5/c1-22-11-13-23(14-12-22)17-18-37-29-20-26(31(35)33-21-24-7-3-2-4-8-24)15-16-27(29)34-32(36)30-19-25-9-5-6-10-28(25)38-30;32-24-6-3-4-21(16-24)19-33-30(36)23-10-13-26(28(18-23)38-15-14-20-8-11-25(35)12-9-20)34-31(37)29-17-22-5-1-2-7-27(22)39-29/h2-16,19-20H,17-18,21H2,1H3,(H,33,35)(H,34,36);1-13,16-18,35H,14-15,19H2,(H,33,36)(H,34,37). The number of carbonyl (C=O) groups excluding carboxylic acids is 4. The number of para-hydroxylation sites is 2. The fraction of sp³-hybridized carbons (Fsp3) is 0.111. The van der Waals surface area contributed by atoms with Gasteiger partial charge >= 0.3 is 0 Å². The van der Waals surface area contributed by atoms with Crippen LogP contribution in [0.25, 0.3) is 21.9 Å². The molecule has 0 atom stereocenters. The number of halogens is 1. The molecule has 8 aromatic carbocycles. The van der Waals surface area contributed by atoms with Gasteiger partial charge in [0, 0.05) is 47.8 Å². The summed E-state index contributed by atoms with van der Waals surface area (Å²) < 4.78 is 37.0. The molecule has 0 aliphatic rings. The van der Waals surface area contributed by atoms with Crippen LogP contribution in [0.4, 0.5) is 15.8 Å². The first kappa shape index (κ1) is 51.9. The van der Waals surface area contributed by atoms with Crippen molar-refractivity contribution in [3.8, 4) is 17.2 Å². The molecule has 10 aromatic rings. The van der Waals surface area contributed by atoms with Crippen LogP contribution in [0.1, 0.15) is 69.6 Å². The Hall–Kier alpha value is -9.95. The highest BCUT2D eigenvalue weighted by Gasteiger charge is 2.19. The summed E-state index contributed by atoms with van der Waals surface area (Å²) in [5, 5.41) is 22.5. The van der Waals surface area contributed by atoms with Crippen LogP contribution in [0.3, 0.4) is 0 Å². The topological polar surface area (TPSA) is 181 Å². The highest BCUT2D eigenvalue weighted by atomic mass is 19.1. The lowest BCUT2D eigenvalue weighted by molar-refractivity contribution is 0.0942. The lowest BCUT2D eigenvalue weighted by atomic mass is 10.1. The monoisotopic (exact) mass is 1030 g/mol. The van der Waals surface area contributed by atoms with Crippen LogP contribution in [0.5, 0.6) is 17.2 Å². The van der Waals surface area contributed by atoms with Crippen LogP contribution in [-0.2, 0) is 25.9 Å². The first-order valence-electron chi connectivity index (χ1n) is 24.8. The second kappa shape index (κ2) is 24.9. The number of hydrogen-bond donors (Lipinski definition) is 5. The number of benzene rings is 8. The number of rotatable bonds is 18. The lowest BCUT2D eigenvalue weighted by Crippen LogP contribution is -2.23. The highest BCUT2D eigenvalue weighted by molar-refractivity contribution is 6.07. The van der Waals surface area contributed by atoms with Gasteiger partial charge in [-0.15, -0.1) is 0 Å². The van der Waals surface area contributed by atoms with Crippen molar-refractivity contribution in [2.75, 3.05) is 23.8 Å². The van der Waals surface area contributed by atoms with Gasteiger partial charge < -0.3 is 44.7 Å². The number of aromatic hydroxyl groups is 1. The number of furan rings is 2. The van der Waals surface area contributed by atoms with E-state index in [4.69, 9.17) is 18.3 Å². The summed E-state index contributed by atoms with van der Waals surface area (Å²) in [7, 11) is 0. The van der Waals surface area contributed by atoms with Crippen LogP contribution >= 0.6 is 0 Å². The van der Waals surface area contributed by atoms with Crippen molar-refractivity contribution >= 4 is 56.9 Å². The molecule has 0 radical (unpaired) electrons. The summed E-state index contributed by atoms with van der Waals surface area (Å²) in [6.07, 6.45) is 1.22. The number of phenolic OH excluding ortho intramolecular Hbond substituents is 1. The van der Waals surface area contributed by atoms with E-state index in [0.29, 0.717) is 76.7 Å². The van der Waals surface area contributed by atoms with Gasteiger partial charge in [0.25, 0.3) is 23.6 Å². The van der Waals surface area contributed by atoms with E-state index in [0.717, 1.165) is 27.5 Å². The van der Waals surface area contributed by atoms with Crippen LogP contribution in [0.2, 0.25) is 0 Å². The molecule has 0 aliphatic heterocycles. The van der Waals surface area contributed by atoms with Crippen LogP contribution < -0.4 is 30.7 Å². The Morgan fingerprint density at radius 2 is 0.935 bits per heavy atom. The number of fused-ring (bicyclic) bond motifs is 2. The quantitative estimate of drug-likeness (QED) is 0.0559. The van der Waals surface area contributed by atoms with Gasteiger partial charge in [0.05, 0.1) is 24.6 Å². The number of hydrogen-bond acceptors (Lipinski definition) is 9. The molecule has 2 heterocycles. The summed E-state index contributed by atoms with van der Waals surface area (Å²) in [6.45, 7) is 3.25. The van der Waals surface area contributed by atoms with Gasteiger partial charge in [0.2, 0.25) is 0 Å². The predicted octanol–water partition coefficient (Wildman–Crippen LogP) is 12.6. The molecular formula is C63H53FN4O9. The number of nitrogens with one attached hydrogen (secondary N) is 4. The predicted molar refractivity (Wildman–Crippen MR) is 294 cm³/mol. The average Bonchev–Trinajstić information content (AvgIpc) is 4.10. The molecule has 0 saturated heterocycles. The molecule has 2 aromatic heterocycles. The van der Waals surface area contributed by atoms with Crippen molar-refractivity contribution in [1.29, 1.82) is 0 Å². The number of amides is 4. The molecule has 14 heteroatoms. The second-order valence-electron chi connectivity index (χ2n) is 18.0. The third-order valence-corrected chi connectivity index (χ3v) is 12.3. The fourth-order valence-electron chi connectivity index (χ4n) is 8.11. The van der Waals surface area contributed by atoms with E-state index in [1.54, 1.807) is 91.0 Å². The molecule has 10 rings (SSSR count). The minimum absolute atomic E-state index is 0.142. The zero-order valence-corrected chi connectivity index (χ0v) is 41.9. The van der Waals surface area contributed by atoms with E-state index in [1.807, 2.05) is 79.7 Å². The van der Waals surface area contributed by atoms with Gasteiger partial charge in [-0.05, 0) is 114 Å². The number of carbonyl (C=O) groups is 4. The summed E-state index contributed by atoms with van der Waals surface area (Å²) in [5.74, 6) is -0.619. The normalized spacial score (nSPS) is 10.8. The van der Waals surface area contributed by atoms with Gasteiger partial charge in [-0.2, -0.15) is 0 Å². The Kier molecular flexibility index (Phi) is 16.8. The van der Waals surface area contributed by atoms with Crippen molar-refractivity contribution in [3.63, 3.8) is 0 Å². The molecule has 5 N–H and O–H groups in total. The molecule has 0 spiro atoms. The summed E-state index contributed by atoms with van der Waals surface area (Å²) in [6, 6.07) is 58.6. The highest BCUT2D eigenvalue weighted by Crippen LogP contribution is 2.30. The van der Waals surface area contributed by atoms with E-state index in [-0.39, 0.29) is 48.1 Å².